The summed E-state index contributed by atoms with van der Waals surface area (Å²) in [5.74, 6) is -0.553. The predicted octanol–water partition coefficient (Wildman–Crippen LogP) is 3.51. The molecule has 1 aliphatic rings. The molecule has 2 unspecified atom stereocenters. The third kappa shape index (κ3) is 8.48. The summed E-state index contributed by atoms with van der Waals surface area (Å²) in [5.41, 5.74) is 0. The van der Waals surface area contributed by atoms with Gasteiger partial charge in [-0.25, -0.2) is 0 Å². The first-order valence-corrected chi connectivity index (χ1v) is 9.42. The van der Waals surface area contributed by atoms with Crippen molar-refractivity contribution in [1.29, 1.82) is 0 Å². The van der Waals surface area contributed by atoms with Crippen molar-refractivity contribution in [3.05, 3.63) is 12.2 Å². The van der Waals surface area contributed by atoms with Gasteiger partial charge in [0.2, 0.25) is 5.91 Å². The van der Waals surface area contributed by atoms with Gasteiger partial charge in [-0.15, -0.1) is 0 Å². The van der Waals surface area contributed by atoms with E-state index in [1.165, 1.54) is 0 Å². The Hall–Kier alpha value is -1.36. The summed E-state index contributed by atoms with van der Waals surface area (Å²) in [4.78, 5) is 24.4. The van der Waals surface area contributed by atoms with Crippen molar-refractivity contribution in [3.63, 3.8) is 0 Å². The van der Waals surface area contributed by atoms with E-state index >= 15 is 0 Å². The van der Waals surface area contributed by atoms with Crippen LogP contribution in [0.5, 0.6) is 0 Å². The van der Waals surface area contributed by atoms with Gasteiger partial charge in [0.05, 0.1) is 12.1 Å². The molecular formula is C19H33NO4. The fourth-order valence-corrected chi connectivity index (χ4v) is 3.11. The summed E-state index contributed by atoms with van der Waals surface area (Å²) < 4.78 is 0. The fraction of sp³-hybridized carbons (Fsp3) is 0.789. The van der Waals surface area contributed by atoms with Crippen LogP contribution >= 0.6 is 0 Å². The van der Waals surface area contributed by atoms with Crippen LogP contribution in [0.15, 0.2) is 12.2 Å². The van der Waals surface area contributed by atoms with Crippen molar-refractivity contribution in [2.24, 2.45) is 0 Å². The maximum atomic E-state index is 12.0. The molecule has 0 bridgehead atoms. The van der Waals surface area contributed by atoms with E-state index < -0.39 is 12.1 Å². The number of hydrogen-bond donors (Lipinski definition) is 2. The van der Waals surface area contributed by atoms with Gasteiger partial charge >= 0.3 is 5.97 Å². The second-order valence-corrected chi connectivity index (χ2v) is 6.70. The Morgan fingerprint density at radius 3 is 2.71 bits per heavy atom. The molecule has 1 saturated heterocycles. The predicted molar refractivity (Wildman–Crippen MR) is 94.7 cm³/mol. The summed E-state index contributed by atoms with van der Waals surface area (Å²) in [7, 11) is 0. The van der Waals surface area contributed by atoms with Crippen LogP contribution in [-0.2, 0) is 9.59 Å². The van der Waals surface area contributed by atoms with Crippen LogP contribution in [-0.4, -0.2) is 45.7 Å². The number of carboxylic acid groups (broad SMARTS) is 1. The third-order valence-corrected chi connectivity index (χ3v) is 4.57. The molecule has 0 saturated carbocycles. The second-order valence-electron chi connectivity index (χ2n) is 6.70. The number of nitrogens with zero attached hydrogens (tertiary/aromatic N) is 1. The van der Waals surface area contributed by atoms with E-state index in [0.29, 0.717) is 12.8 Å². The first-order chi connectivity index (χ1) is 11.5. The van der Waals surface area contributed by atoms with Gasteiger partial charge in [0.1, 0.15) is 0 Å². The number of aliphatic hydroxyl groups is 1. The van der Waals surface area contributed by atoms with Crippen molar-refractivity contribution in [2.75, 3.05) is 6.54 Å². The van der Waals surface area contributed by atoms with Gasteiger partial charge in [-0.2, -0.15) is 0 Å². The van der Waals surface area contributed by atoms with Gasteiger partial charge in [0.15, 0.2) is 0 Å². The lowest BCUT2D eigenvalue weighted by Gasteiger charge is -2.22. The average molecular weight is 339 g/mol. The number of aliphatic carboxylic acids is 1. The second kappa shape index (κ2) is 12.1. The Bertz CT molecular complexity index is 408. The van der Waals surface area contributed by atoms with Gasteiger partial charge < -0.3 is 15.1 Å². The molecule has 24 heavy (non-hydrogen) atoms. The SMILES string of the molecule is CCCCCC(O)/C=C/C1CCC(=O)N1CCCCCCC(=O)O. The molecule has 1 heterocycles. The maximum Gasteiger partial charge on any atom is 0.303 e. The lowest BCUT2D eigenvalue weighted by molar-refractivity contribution is -0.137. The number of carbonyl (C=O) groups is 2. The smallest absolute Gasteiger partial charge is 0.303 e. The first kappa shape index (κ1) is 20.7. The van der Waals surface area contributed by atoms with Crippen LogP contribution in [0.1, 0.15) is 77.6 Å². The van der Waals surface area contributed by atoms with Crippen molar-refractivity contribution < 1.29 is 19.8 Å². The summed E-state index contributed by atoms with van der Waals surface area (Å²) in [6.45, 7) is 2.87. The molecule has 0 aliphatic carbocycles. The monoisotopic (exact) mass is 339 g/mol. The number of carbonyl (C=O) groups excluding carboxylic acids is 1. The number of likely N-dealkylation sites (tertiary alicyclic amines) is 1. The number of amides is 1. The van der Waals surface area contributed by atoms with Crippen LogP contribution in [0.2, 0.25) is 0 Å². The molecule has 0 spiro atoms. The van der Waals surface area contributed by atoms with E-state index in [2.05, 4.69) is 6.92 Å². The molecule has 5 heteroatoms. The van der Waals surface area contributed by atoms with E-state index in [1.807, 2.05) is 17.1 Å². The zero-order chi connectivity index (χ0) is 17.8. The van der Waals surface area contributed by atoms with Crippen molar-refractivity contribution in [2.45, 2.75) is 89.7 Å². The average Bonchev–Trinajstić information content (AvgIpc) is 2.89. The van der Waals surface area contributed by atoms with Gasteiger partial charge in [-0.05, 0) is 25.7 Å². The number of hydrogen-bond acceptors (Lipinski definition) is 3. The minimum Gasteiger partial charge on any atom is -0.481 e. The highest BCUT2D eigenvalue weighted by Gasteiger charge is 2.28. The Kier molecular flexibility index (Phi) is 10.4. The van der Waals surface area contributed by atoms with Crippen molar-refractivity contribution in [1.82, 2.24) is 4.90 Å². The summed E-state index contributed by atoms with van der Waals surface area (Å²) in [5, 5.41) is 18.6. The lowest BCUT2D eigenvalue weighted by atomic mass is 10.1. The Labute approximate surface area is 145 Å². The van der Waals surface area contributed by atoms with Gasteiger partial charge in [-0.3, -0.25) is 9.59 Å². The quantitative estimate of drug-likeness (QED) is 0.397. The first-order valence-electron chi connectivity index (χ1n) is 9.42. The Morgan fingerprint density at radius 1 is 1.25 bits per heavy atom. The molecule has 138 valence electrons. The van der Waals surface area contributed by atoms with Crippen LogP contribution in [0.3, 0.4) is 0 Å². The maximum absolute atomic E-state index is 12.0. The molecule has 0 aromatic rings. The van der Waals surface area contributed by atoms with Crippen molar-refractivity contribution >= 4 is 11.9 Å². The number of aliphatic hydroxyl groups excluding tert-OH is 1. The molecule has 0 radical (unpaired) electrons. The van der Waals surface area contributed by atoms with E-state index in [4.69, 9.17) is 5.11 Å². The van der Waals surface area contributed by atoms with Gasteiger partial charge in [0.25, 0.3) is 0 Å². The molecule has 0 aromatic carbocycles. The molecule has 1 fully saturated rings. The normalized spacial score (nSPS) is 19.3. The van der Waals surface area contributed by atoms with Crippen LogP contribution in [0, 0.1) is 0 Å². The lowest BCUT2D eigenvalue weighted by Crippen LogP contribution is -2.32. The van der Waals surface area contributed by atoms with Crippen LogP contribution in [0.25, 0.3) is 0 Å². The third-order valence-electron chi connectivity index (χ3n) is 4.57. The molecule has 2 atom stereocenters. The largest absolute Gasteiger partial charge is 0.481 e. The Morgan fingerprint density at radius 2 is 2.00 bits per heavy atom. The fourth-order valence-electron chi connectivity index (χ4n) is 3.11. The summed E-state index contributed by atoms with van der Waals surface area (Å²) >= 11 is 0. The number of unbranched alkanes of at least 4 members (excludes halogenated alkanes) is 5. The van der Waals surface area contributed by atoms with Gasteiger partial charge in [-0.1, -0.05) is 51.2 Å². The number of carboxylic acids is 1. The summed E-state index contributed by atoms with van der Waals surface area (Å²) in [6.07, 6.45) is 12.6. The van der Waals surface area contributed by atoms with Crippen LogP contribution < -0.4 is 0 Å². The minimum atomic E-state index is -0.743. The van der Waals surface area contributed by atoms with E-state index in [1.54, 1.807) is 0 Å². The molecular weight excluding hydrogens is 306 g/mol. The highest BCUT2D eigenvalue weighted by Crippen LogP contribution is 2.21. The van der Waals surface area contributed by atoms with Crippen LogP contribution in [0.4, 0.5) is 0 Å². The standard InChI is InChI=1S/C19H33NO4/c1-2-3-6-9-17(21)13-11-16-12-14-18(22)20(16)15-8-5-4-7-10-19(23)24/h11,13,16-17,21H,2-10,12,14-15H2,1H3,(H,23,24)/b13-11+. The van der Waals surface area contributed by atoms with Gasteiger partial charge in [0, 0.05) is 19.4 Å². The van der Waals surface area contributed by atoms with E-state index in [9.17, 15) is 14.7 Å². The number of rotatable bonds is 13. The minimum absolute atomic E-state index is 0.109. The van der Waals surface area contributed by atoms with E-state index in [-0.39, 0.29) is 18.4 Å². The molecule has 1 rings (SSSR count). The van der Waals surface area contributed by atoms with Crippen molar-refractivity contribution in [3.8, 4) is 0 Å². The van der Waals surface area contributed by atoms with E-state index in [0.717, 1.165) is 57.9 Å². The molecule has 0 aromatic heterocycles. The molecule has 1 amide bonds. The molecule has 1 aliphatic heterocycles. The summed E-state index contributed by atoms with van der Waals surface area (Å²) in [6, 6.07) is 0.109. The highest BCUT2D eigenvalue weighted by atomic mass is 16.4. The molecule has 2 N–H and O–H groups in total. The zero-order valence-electron chi connectivity index (χ0n) is 15.0. The highest BCUT2D eigenvalue weighted by molar-refractivity contribution is 5.79. The topological polar surface area (TPSA) is 77.8 Å². The zero-order valence-corrected chi connectivity index (χ0v) is 15.0. The Balaban J connectivity index is 2.28. The molecule has 5 nitrogen and oxygen atoms in total.